The second-order valence-electron chi connectivity index (χ2n) is 3.47. The van der Waals surface area contributed by atoms with Crippen molar-refractivity contribution in [3.63, 3.8) is 0 Å². The molecule has 94 valence electrons. The molecule has 0 atom stereocenters. The minimum atomic E-state index is -0.462. The van der Waals surface area contributed by atoms with Crippen molar-refractivity contribution in [3.8, 4) is 5.75 Å². The molecule has 0 saturated heterocycles. The van der Waals surface area contributed by atoms with E-state index in [4.69, 9.17) is 15.3 Å². The van der Waals surface area contributed by atoms with Crippen LogP contribution in [0.1, 0.15) is 5.56 Å². The largest absolute Gasteiger partial charge is 0.494 e. The summed E-state index contributed by atoms with van der Waals surface area (Å²) in [6.07, 6.45) is 0. The van der Waals surface area contributed by atoms with Crippen LogP contribution in [-0.4, -0.2) is 31.7 Å². The van der Waals surface area contributed by atoms with Crippen molar-refractivity contribution in [2.24, 2.45) is 5.84 Å². The fourth-order valence-electron chi connectivity index (χ4n) is 1.16. The van der Waals surface area contributed by atoms with Crippen LogP contribution in [0.4, 0.5) is 4.39 Å². The van der Waals surface area contributed by atoms with E-state index in [9.17, 15) is 9.18 Å². The Morgan fingerprint density at radius 1 is 1.53 bits per heavy atom. The number of amides is 1. The van der Waals surface area contributed by atoms with E-state index < -0.39 is 5.82 Å². The lowest BCUT2D eigenvalue weighted by Crippen LogP contribution is -2.35. The summed E-state index contributed by atoms with van der Waals surface area (Å²) >= 11 is 0. The Balaban J connectivity index is 2.47. The molecule has 6 heteroatoms. The van der Waals surface area contributed by atoms with Crippen LogP contribution in [0.15, 0.2) is 18.2 Å². The van der Waals surface area contributed by atoms with Gasteiger partial charge in [0.15, 0.2) is 11.6 Å². The van der Waals surface area contributed by atoms with E-state index in [-0.39, 0.29) is 24.9 Å². The first-order chi connectivity index (χ1) is 8.04. The molecule has 0 radical (unpaired) electrons. The van der Waals surface area contributed by atoms with Gasteiger partial charge in [-0.15, -0.1) is 0 Å². The van der Waals surface area contributed by atoms with Crippen LogP contribution in [-0.2, 0) is 16.1 Å². The number of hydrazine groups is 1. The van der Waals surface area contributed by atoms with E-state index in [1.807, 2.05) is 0 Å². The molecule has 1 amide bonds. The second-order valence-corrected chi connectivity index (χ2v) is 3.47. The van der Waals surface area contributed by atoms with Crippen molar-refractivity contribution in [3.05, 3.63) is 29.6 Å². The Morgan fingerprint density at radius 3 is 2.76 bits per heavy atom. The van der Waals surface area contributed by atoms with Gasteiger partial charge in [0.1, 0.15) is 6.61 Å². The number of hydrogen-bond acceptors (Lipinski definition) is 4. The molecule has 0 spiro atoms. The molecule has 17 heavy (non-hydrogen) atoms. The van der Waals surface area contributed by atoms with Gasteiger partial charge in [0, 0.05) is 7.05 Å². The van der Waals surface area contributed by atoms with E-state index >= 15 is 0 Å². The van der Waals surface area contributed by atoms with E-state index in [1.54, 1.807) is 6.07 Å². The van der Waals surface area contributed by atoms with Crippen LogP contribution in [0.25, 0.3) is 0 Å². The Kier molecular flexibility index (Phi) is 4.86. The van der Waals surface area contributed by atoms with Crippen molar-refractivity contribution in [2.75, 3.05) is 20.8 Å². The highest BCUT2D eigenvalue weighted by atomic mass is 19.1. The monoisotopic (exact) mass is 242 g/mol. The van der Waals surface area contributed by atoms with Gasteiger partial charge < -0.3 is 9.47 Å². The Bertz CT molecular complexity index is 396. The number of hydrogen-bond donors (Lipinski definition) is 1. The zero-order valence-corrected chi connectivity index (χ0v) is 9.77. The number of ether oxygens (including phenoxy) is 2. The number of nitrogens with zero attached hydrogens (tertiary/aromatic N) is 1. The topological polar surface area (TPSA) is 64.8 Å². The van der Waals surface area contributed by atoms with Gasteiger partial charge in [0.05, 0.1) is 13.7 Å². The van der Waals surface area contributed by atoms with Crippen molar-refractivity contribution in [2.45, 2.75) is 6.61 Å². The van der Waals surface area contributed by atoms with Gasteiger partial charge in [-0.1, -0.05) is 6.07 Å². The molecule has 0 aliphatic carbocycles. The van der Waals surface area contributed by atoms with Crippen molar-refractivity contribution in [1.82, 2.24) is 5.01 Å². The standard InChI is InChI=1S/C11H15FN2O3/c1-14(13)11(15)7-17-6-8-3-4-10(16-2)9(12)5-8/h3-5H,6-7,13H2,1-2H3. The molecule has 1 aromatic carbocycles. The number of halogens is 1. The lowest BCUT2D eigenvalue weighted by molar-refractivity contribution is -0.135. The molecule has 0 unspecified atom stereocenters. The van der Waals surface area contributed by atoms with Gasteiger partial charge in [0.25, 0.3) is 5.91 Å². The van der Waals surface area contributed by atoms with Gasteiger partial charge in [-0.25, -0.2) is 10.2 Å². The van der Waals surface area contributed by atoms with Crippen molar-refractivity contribution >= 4 is 5.91 Å². The van der Waals surface area contributed by atoms with Crippen molar-refractivity contribution < 1.29 is 18.7 Å². The first-order valence-electron chi connectivity index (χ1n) is 4.96. The Morgan fingerprint density at radius 2 is 2.24 bits per heavy atom. The Hall–Kier alpha value is -1.66. The zero-order valence-electron chi connectivity index (χ0n) is 9.77. The summed E-state index contributed by atoms with van der Waals surface area (Å²) in [5, 5.41) is 0.939. The quantitative estimate of drug-likeness (QED) is 0.468. The molecule has 0 aromatic heterocycles. The van der Waals surface area contributed by atoms with E-state index in [2.05, 4.69) is 0 Å². The first-order valence-corrected chi connectivity index (χ1v) is 4.96. The van der Waals surface area contributed by atoms with Crippen LogP contribution in [0.5, 0.6) is 5.75 Å². The average molecular weight is 242 g/mol. The van der Waals surface area contributed by atoms with Crippen LogP contribution in [0.2, 0.25) is 0 Å². The normalized spacial score (nSPS) is 10.1. The number of rotatable bonds is 5. The smallest absolute Gasteiger partial charge is 0.262 e. The van der Waals surface area contributed by atoms with E-state index in [1.165, 1.54) is 26.3 Å². The maximum absolute atomic E-state index is 13.3. The summed E-state index contributed by atoms with van der Waals surface area (Å²) in [4.78, 5) is 11.1. The molecule has 0 heterocycles. The third-order valence-corrected chi connectivity index (χ3v) is 2.10. The van der Waals surface area contributed by atoms with Gasteiger partial charge >= 0.3 is 0 Å². The average Bonchev–Trinajstić information content (AvgIpc) is 2.29. The summed E-state index contributed by atoms with van der Waals surface area (Å²) in [6.45, 7) is 0.00113. The third-order valence-electron chi connectivity index (χ3n) is 2.10. The SMILES string of the molecule is COc1ccc(COCC(=O)N(C)N)cc1F. The van der Waals surface area contributed by atoms with Crippen molar-refractivity contribution in [1.29, 1.82) is 0 Å². The summed E-state index contributed by atoms with van der Waals surface area (Å²) in [5.41, 5.74) is 0.621. The number of carbonyl (C=O) groups excluding carboxylic acids is 1. The molecule has 1 rings (SSSR count). The summed E-state index contributed by atoms with van der Waals surface area (Å²) in [5.74, 6) is 4.57. The Labute approximate surface area is 98.9 Å². The van der Waals surface area contributed by atoms with Crippen LogP contribution < -0.4 is 10.6 Å². The molecule has 0 aliphatic rings. The number of nitrogens with two attached hydrogens (primary N) is 1. The third kappa shape index (κ3) is 4.01. The molecule has 5 nitrogen and oxygen atoms in total. The summed E-state index contributed by atoms with van der Waals surface area (Å²) in [6, 6.07) is 4.47. The fraction of sp³-hybridized carbons (Fsp3) is 0.364. The maximum atomic E-state index is 13.3. The predicted molar refractivity (Wildman–Crippen MR) is 59.6 cm³/mol. The minimum absolute atomic E-state index is 0.138. The fourth-order valence-corrected chi connectivity index (χ4v) is 1.16. The highest BCUT2D eigenvalue weighted by Gasteiger charge is 2.06. The number of carbonyl (C=O) groups is 1. The van der Waals surface area contributed by atoms with Gasteiger partial charge in [-0.2, -0.15) is 0 Å². The van der Waals surface area contributed by atoms with Gasteiger partial charge in [-0.05, 0) is 17.7 Å². The zero-order chi connectivity index (χ0) is 12.8. The molecule has 0 fully saturated rings. The molecule has 0 bridgehead atoms. The lowest BCUT2D eigenvalue weighted by atomic mass is 10.2. The van der Waals surface area contributed by atoms with Crippen LogP contribution >= 0.6 is 0 Å². The molecular formula is C11H15FN2O3. The predicted octanol–water partition coefficient (Wildman–Crippen LogP) is 0.683. The first kappa shape index (κ1) is 13.4. The summed E-state index contributed by atoms with van der Waals surface area (Å²) < 4.78 is 23.2. The molecule has 0 saturated carbocycles. The molecular weight excluding hydrogens is 227 g/mol. The lowest BCUT2D eigenvalue weighted by Gasteiger charge is -2.10. The second kappa shape index (κ2) is 6.17. The summed E-state index contributed by atoms with van der Waals surface area (Å²) in [7, 11) is 2.82. The highest BCUT2D eigenvalue weighted by molar-refractivity contribution is 5.76. The van der Waals surface area contributed by atoms with Crippen LogP contribution in [0.3, 0.4) is 0 Å². The number of methoxy groups -OCH3 is 1. The molecule has 0 aliphatic heterocycles. The van der Waals surface area contributed by atoms with Crippen LogP contribution in [0, 0.1) is 5.82 Å². The van der Waals surface area contributed by atoms with E-state index in [0.717, 1.165) is 5.01 Å². The minimum Gasteiger partial charge on any atom is -0.494 e. The van der Waals surface area contributed by atoms with Gasteiger partial charge in [0.2, 0.25) is 0 Å². The highest BCUT2D eigenvalue weighted by Crippen LogP contribution is 2.17. The molecule has 2 N–H and O–H groups in total. The van der Waals surface area contributed by atoms with Gasteiger partial charge in [-0.3, -0.25) is 9.80 Å². The van der Waals surface area contributed by atoms with E-state index in [0.29, 0.717) is 5.56 Å². The maximum Gasteiger partial charge on any atom is 0.262 e. The number of benzene rings is 1. The molecule has 1 aromatic rings. The number of likely N-dealkylation sites (N-methyl/N-ethyl adjacent to an activating group) is 1.